The number of halogens is 3. The summed E-state index contributed by atoms with van der Waals surface area (Å²) in [5.74, 6) is -0.985. The predicted octanol–water partition coefficient (Wildman–Crippen LogP) is 5.04. The third kappa shape index (κ3) is 4.17. The second-order valence-electron chi connectivity index (χ2n) is 5.31. The average molecular weight is 366 g/mol. The Morgan fingerprint density at radius 1 is 1.24 bits per heavy atom. The zero-order valence-corrected chi connectivity index (χ0v) is 14.7. The normalized spacial score (nSPS) is 11.7. The van der Waals surface area contributed by atoms with Crippen molar-refractivity contribution in [2.75, 3.05) is 7.11 Å². The smallest absolute Gasteiger partial charge is 0.211 e. The Kier molecular flexibility index (Phi) is 6.53. The standard InChI is InChI=1S/C19H18ClF2NO2/c1-3-5-13(14-10-12(25-2)8-9-15(14)20)19(23-11-24)18-16(21)6-4-7-17(18)22/h4,6-11H,3,5H2,1-2H3,(H,23,24)/b19-13+. The summed E-state index contributed by atoms with van der Waals surface area (Å²) in [7, 11) is 1.51. The molecule has 2 aromatic rings. The second-order valence-corrected chi connectivity index (χ2v) is 5.72. The molecule has 25 heavy (non-hydrogen) atoms. The Labute approximate surface area is 150 Å². The number of rotatable bonds is 7. The van der Waals surface area contributed by atoms with E-state index in [2.05, 4.69) is 5.32 Å². The van der Waals surface area contributed by atoms with Gasteiger partial charge in [0.05, 0.1) is 18.4 Å². The first kappa shape index (κ1) is 18.9. The maximum absolute atomic E-state index is 14.3. The molecule has 0 radical (unpaired) electrons. The Hall–Kier alpha value is -2.40. The summed E-state index contributed by atoms with van der Waals surface area (Å²) in [5.41, 5.74) is 0.844. The van der Waals surface area contributed by atoms with Crippen molar-refractivity contribution in [2.45, 2.75) is 19.8 Å². The lowest BCUT2D eigenvalue weighted by atomic mass is 9.95. The van der Waals surface area contributed by atoms with Gasteiger partial charge in [-0.05, 0) is 42.3 Å². The van der Waals surface area contributed by atoms with E-state index in [1.807, 2.05) is 6.92 Å². The highest BCUT2D eigenvalue weighted by Crippen LogP contribution is 2.36. The van der Waals surface area contributed by atoms with Crippen LogP contribution in [-0.2, 0) is 4.79 Å². The summed E-state index contributed by atoms with van der Waals surface area (Å²) in [6, 6.07) is 8.56. The first-order chi connectivity index (χ1) is 12.0. The van der Waals surface area contributed by atoms with E-state index in [9.17, 15) is 13.6 Å². The van der Waals surface area contributed by atoms with Crippen molar-refractivity contribution in [1.29, 1.82) is 0 Å². The third-order valence-electron chi connectivity index (χ3n) is 3.72. The highest BCUT2D eigenvalue weighted by Gasteiger charge is 2.20. The molecule has 0 saturated heterocycles. The van der Waals surface area contributed by atoms with Gasteiger partial charge in [-0.25, -0.2) is 8.78 Å². The lowest BCUT2D eigenvalue weighted by Gasteiger charge is -2.18. The fourth-order valence-corrected chi connectivity index (χ4v) is 2.84. The van der Waals surface area contributed by atoms with Gasteiger partial charge in [-0.3, -0.25) is 4.79 Å². The summed E-state index contributed by atoms with van der Waals surface area (Å²) < 4.78 is 33.8. The van der Waals surface area contributed by atoms with Crippen molar-refractivity contribution in [2.24, 2.45) is 0 Å². The van der Waals surface area contributed by atoms with Crippen molar-refractivity contribution in [3.05, 3.63) is 64.2 Å². The minimum Gasteiger partial charge on any atom is -0.497 e. The highest BCUT2D eigenvalue weighted by molar-refractivity contribution is 6.32. The zero-order valence-electron chi connectivity index (χ0n) is 13.9. The van der Waals surface area contributed by atoms with Crippen LogP contribution in [0.25, 0.3) is 11.3 Å². The molecule has 1 N–H and O–H groups in total. The molecule has 0 spiro atoms. The van der Waals surface area contributed by atoms with Crippen LogP contribution in [0, 0.1) is 11.6 Å². The number of ether oxygens (including phenoxy) is 1. The quantitative estimate of drug-likeness (QED) is 0.551. The Morgan fingerprint density at radius 2 is 1.92 bits per heavy atom. The van der Waals surface area contributed by atoms with Gasteiger partial charge < -0.3 is 10.1 Å². The van der Waals surface area contributed by atoms with Crippen LogP contribution in [0.2, 0.25) is 5.02 Å². The van der Waals surface area contributed by atoms with E-state index in [0.29, 0.717) is 41.2 Å². The Balaban J connectivity index is 2.81. The van der Waals surface area contributed by atoms with Crippen LogP contribution >= 0.6 is 11.6 Å². The van der Waals surface area contributed by atoms with Crippen molar-refractivity contribution in [1.82, 2.24) is 5.32 Å². The molecule has 0 bridgehead atoms. The van der Waals surface area contributed by atoms with Gasteiger partial charge in [-0.15, -0.1) is 0 Å². The molecule has 3 nitrogen and oxygen atoms in total. The van der Waals surface area contributed by atoms with Crippen molar-refractivity contribution >= 4 is 29.3 Å². The SMILES string of the molecule is CCC/C(=C(\NC=O)c1c(F)cccc1F)c1cc(OC)ccc1Cl. The molecular formula is C19H18ClF2NO2. The molecule has 132 valence electrons. The topological polar surface area (TPSA) is 38.3 Å². The predicted molar refractivity (Wildman–Crippen MR) is 95.3 cm³/mol. The summed E-state index contributed by atoms with van der Waals surface area (Å²) >= 11 is 6.30. The number of allylic oxidation sites excluding steroid dienone is 1. The fourth-order valence-electron chi connectivity index (χ4n) is 2.61. The molecule has 0 aliphatic rings. The Bertz CT molecular complexity index is 786. The van der Waals surface area contributed by atoms with Gasteiger partial charge in [0.15, 0.2) is 0 Å². The van der Waals surface area contributed by atoms with Crippen LogP contribution in [0.1, 0.15) is 30.9 Å². The average Bonchev–Trinajstić information content (AvgIpc) is 2.59. The van der Waals surface area contributed by atoms with Gasteiger partial charge in [0.2, 0.25) is 6.41 Å². The molecule has 0 aromatic heterocycles. The molecule has 2 rings (SSSR count). The molecule has 2 aromatic carbocycles. The van der Waals surface area contributed by atoms with E-state index < -0.39 is 11.6 Å². The highest BCUT2D eigenvalue weighted by atomic mass is 35.5. The second kappa shape index (κ2) is 8.62. The number of methoxy groups -OCH3 is 1. The van der Waals surface area contributed by atoms with Crippen LogP contribution in [0.5, 0.6) is 5.75 Å². The van der Waals surface area contributed by atoms with Crippen LogP contribution < -0.4 is 10.1 Å². The van der Waals surface area contributed by atoms with Crippen molar-refractivity contribution in [3.63, 3.8) is 0 Å². The molecule has 0 unspecified atom stereocenters. The molecule has 0 fully saturated rings. The minimum absolute atomic E-state index is 0.0580. The van der Waals surface area contributed by atoms with Gasteiger partial charge in [0.25, 0.3) is 0 Å². The van der Waals surface area contributed by atoms with Gasteiger partial charge in [-0.1, -0.05) is 31.0 Å². The van der Waals surface area contributed by atoms with Gasteiger partial charge >= 0.3 is 0 Å². The lowest BCUT2D eigenvalue weighted by molar-refractivity contribution is -0.108. The molecule has 0 saturated carbocycles. The maximum atomic E-state index is 14.3. The first-order valence-electron chi connectivity index (χ1n) is 7.75. The molecular weight excluding hydrogens is 348 g/mol. The zero-order chi connectivity index (χ0) is 18.4. The van der Waals surface area contributed by atoms with E-state index in [-0.39, 0.29) is 11.3 Å². The van der Waals surface area contributed by atoms with Crippen molar-refractivity contribution < 1.29 is 18.3 Å². The van der Waals surface area contributed by atoms with Crippen molar-refractivity contribution in [3.8, 4) is 5.75 Å². The van der Waals surface area contributed by atoms with Crippen LogP contribution in [0.4, 0.5) is 8.78 Å². The summed E-state index contributed by atoms with van der Waals surface area (Å²) in [6.45, 7) is 1.92. The molecule has 1 amide bonds. The van der Waals surface area contributed by atoms with E-state index in [1.165, 1.54) is 13.2 Å². The first-order valence-corrected chi connectivity index (χ1v) is 8.12. The summed E-state index contributed by atoms with van der Waals surface area (Å²) in [6.07, 6.45) is 1.53. The van der Waals surface area contributed by atoms with E-state index in [4.69, 9.17) is 16.3 Å². The van der Waals surface area contributed by atoms with Gasteiger partial charge in [-0.2, -0.15) is 0 Å². The third-order valence-corrected chi connectivity index (χ3v) is 4.05. The van der Waals surface area contributed by atoms with E-state index in [1.54, 1.807) is 18.2 Å². The monoisotopic (exact) mass is 365 g/mol. The number of benzene rings is 2. The van der Waals surface area contributed by atoms with Gasteiger partial charge in [0, 0.05) is 10.6 Å². The minimum atomic E-state index is -0.767. The van der Waals surface area contributed by atoms with Crippen LogP contribution in [0.15, 0.2) is 36.4 Å². The number of hydrogen-bond acceptors (Lipinski definition) is 2. The number of hydrogen-bond donors (Lipinski definition) is 1. The number of carbonyl (C=O) groups is 1. The van der Waals surface area contributed by atoms with Crippen LogP contribution in [0.3, 0.4) is 0 Å². The molecule has 0 heterocycles. The van der Waals surface area contributed by atoms with E-state index in [0.717, 1.165) is 12.1 Å². The largest absolute Gasteiger partial charge is 0.497 e. The summed E-state index contributed by atoms with van der Waals surface area (Å²) in [5, 5.41) is 2.84. The fraction of sp³-hybridized carbons (Fsp3) is 0.211. The van der Waals surface area contributed by atoms with E-state index >= 15 is 0 Å². The number of nitrogens with one attached hydrogen (secondary N) is 1. The summed E-state index contributed by atoms with van der Waals surface area (Å²) in [4.78, 5) is 11.1. The number of amides is 1. The van der Waals surface area contributed by atoms with Crippen LogP contribution in [-0.4, -0.2) is 13.5 Å². The lowest BCUT2D eigenvalue weighted by Crippen LogP contribution is -2.15. The molecule has 0 aliphatic heterocycles. The van der Waals surface area contributed by atoms with Gasteiger partial charge in [0.1, 0.15) is 17.4 Å². The molecule has 6 heteroatoms. The maximum Gasteiger partial charge on any atom is 0.211 e. The molecule has 0 atom stereocenters. The number of carbonyl (C=O) groups excluding carboxylic acids is 1. The molecule has 0 aliphatic carbocycles. The Morgan fingerprint density at radius 3 is 2.48 bits per heavy atom.